The zero-order chi connectivity index (χ0) is 31.1. The van der Waals surface area contributed by atoms with Crippen molar-refractivity contribution in [3.05, 3.63) is 94.5 Å². The molecular formula is C31H36N4O9. The number of carbonyl (C=O) groups excluding carboxylic acids is 3. The molecule has 234 valence electrons. The fourth-order valence-corrected chi connectivity index (χ4v) is 4.49. The number of amides is 2. The molecule has 2 aromatic carbocycles. The lowest BCUT2D eigenvalue weighted by atomic mass is 10.1. The van der Waals surface area contributed by atoms with Gasteiger partial charge in [-0.2, -0.15) is 4.98 Å². The Balaban J connectivity index is 1.14. The molecule has 4 rings (SSSR count). The lowest BCUT2D eigenvalue weighted by molar-refractivity contribution is -0.153. The van der Waals surface area contributed by atoms with Crippen LogP contribution in [-0.4, -0.2) is 58.2 Å². The summed E-state index contributed by atoms with van der Waals surface area (Å²) in [7, 11) is 0. The number of esters is 1. The molecule has 0 bridgehead atoms. The summed E-state index contributed by atoms with van der Waals surface area (Å²) in [6.45, 7) is 0.263. The van der Waals surface area contributed by atoms with E-state index in [4.69, 9.17) is 18.9 Å². The second-order valence-corrected chi connectivity index (χ2v) is 10.1. The van der Waals surface area contributed by atoms with Crippen LogP contribution in [0, 0.1) is 0 Å². The fraction of sp³-hybridized carbons (Fsp3) is 0.387. The number of anilines is 1. The van der Waals surface area contributed by atoms with Gasteiger partial charge >= 0.3 is 23.8 Å². The van der Waals surface area contributed by atoms with Gasteiger partial charge in [0, 0.05) is 25.6 Å². The monoisotopic (exact) mass is 608 g/mol. The van der Waals surface area contributed by atoms with Crippen LogP contribution in [0.3, 0.4) is 0 Å². The van der Waals surface area contributed by atoms with Gasteiger partial charge < -0.3 is 29.4 Å². The van der Waals surface area contributed by atoms with Gasteiger partial charge in [0.05, 0.1) is 6.61 Å². The number of rotatable bonds is 14. The summed E-state index contributed by atoms with van der Waals surface area (Å²) in [5, 5.41) is 14.8. The van der Waals surface area contributed by atoms with Crippen molar-refractivity contribution < 1.29 is 38.4 Å². The minimum Gasteiger partial charge on any atom is -0.459 e. The van der Waals surface area contributed by atoms with Crippen LogP contribution >= 0.6 is 0 Å². The molecule has 2 heterocycles. The van der Waals surface area contributed by atoms with Crippen molar-refractivity contribution in [1.82, 2.24) is 14.9 Å². The van der Waals surface area contributed by atoms with Gasteiger partial charge in [0.1, 0.15) is 37.5 Å². The first-order valence-electron chi connectivity index (χ1n) is 14.4. The highest BCUT2D eigenvalue weighted by Crippen LogP contribution is 2.30. The molecule has 0 saturated carbocycles. The van der Waals surface area contributed by atoms with E-state index in [0.29, 0.717) is 25.8 Å². The highest BCUT2D eigenvalue weighted by atomic mass is 16.6. The number of aliphatic hydroxyl groups excluding tert-OH is 1. The minimum atomic E-state index is -0.822. The number of aromatic nitrogens is 2. The first-order chi connectivity index (χ1) is 21.4. The van der Waals surface area contributed by atoms with E-state index >= 15 is 0 Å². The van der Waals surface area contributed by atoms with E-state index in [1.54, 1.807) is 0 Å². The third kappa shape index (κ3) is 10.2. The molecule has 0 aliphatic carbocycles. The molecule has 3 N–H and O–H groups in total. The smallest absolute Gasteiger partial charge is 0.413 e. The highest BCUT2D eigenvalue weighted by Gasteiger charge is 2.39. The number of nitrogens with zero attached hydrogens (tertiary/aromatic N) is 2. The Morgan fingerprint density at radius 3 is 2.20 bits per heavy atom. The predicted molar refractivity (Wildman–Crippen MR) is 157 cm³/mol. The lowest BCUT2D eigenvalue weighted by Crippen LogP contribution is -2.30. The van der Waals surface area contributed by atoms with Gasteiger partial charge in [-0.15, -0.1) is 0 Å². The van der Waals surface area contributed by atoms with E-state index in [1.165, 1.54) is 16.8 Å². The molecule has 2 amide bonds. The normalized spacial score (nSPS) is 17.4. The third-order valence-electron chi connectivity index (χ3n) is 6.77. The summed E-state index contributed by atoms with van der Waals surface area (Å²) >= 11 is 0. The first-order valence-corrected chi connectivity index (χ1v) is 14.4. The maximum absolute atomic E-state index is 12.7. The molecule has 3 atom stereocenters. The SMILES string of the molecule is O=C(CCCCCNC(=O)OCc1ccccc1)O[C@H]1C[C@H](n2ccc(NC(=O)OCc3ccccc3)nc2=O)O[C@@H]1CO. The standard InChI is InChI=1S/C31H36N4O9/c36-19-25-24(44-28(37)14-8-3-9-16-32-30(39)41-20-22-10-4-1-5-11-22)18-27(43-25)35-17-15-26(33-29(35)38)34-31(40)42-21-23-12-6-2-7-13-23/h1-2,4-7,10-13,15,17,24-25,27,36H,3,8-9,14,16,18-21H2,(H,32,39)(H,33,34,38,40)/t24-,25+,27+/m0/s1. The molecule has 13 heteroatoms. The van der Waals surface area contributed by atoms with E-state index < -0.39 is 48.9 Å². The van der Waals surface area contributed by atoms with E-state index in [1.807, 2.05) is 60.7 Å². The van der Waals surface area contributed by atoms with Crippen LogP contribution in [0.1, 0.15) is 49.5 Å². The molecule has 1 aliphatic rings. The Labute approximate surface area is 254 Å². The van der Waals surface area contributed by atoms with E-state index in [0.717, 1.165) is 11.1 Å². The largest absolute Gasteiger partial charge is 0.459 e. The number of ether oxygens (including phenoxy) is 4. The van der Waals surface area contributed by atoms with Gasteiger partial charge in [0.15, 0.2) is 0 Å². The van der Waals surface area contributed by atoms with Crippen LogP contribution < -0.4 is 16.3 Å². The van der Waals surface area contributed by atoms with Gasteiger partial charge in [0.2, 0.25) is 0 Å². The average molecular weight is 609 g/mol. The van der Waals surface area contributed by atoms with E-state index in [-0.39, 0.29) is 31.9 Å². The molecule has 1 aliphatic heterocycles. The molecule has 44 heavy (non-hydrogen) atoms. The number of hydrogen-bond acceptors (Lipinski definition) is 10. The Hall–Kier alpha value is -4.75. The number of hydrogen-bond donors (Lipinski definition) is 3. The number of carbonyl (C=O) groups is 3. The van der Waals surface area contributed by atoms with Crippen LogP contribution in [0.4, 0.5) is 15.4 Å². The molecular weight excluding hydrogens is 572 g/mol. The summed E-state index contributed by atoms with van der Waals surface area (Å²) in [6.07, 6.45) is -0.0696. The fourth-order valence-electron chi connectivity index (χ4n) is 4.49. The zero-order valence-electron chi connectivity index (χ0n) is 24.1. The van der Waals surface area contributed by atoms with Crippen molar-refractivity contribution in [2.24, 2.45) is 0 Å². The molecule has 0 radical (unpaired) electrons. The van der Waals surface area contributed by atoms with Gasteiger partial charge in [-0.1, -0.05) is 67.1 Å². The quantitative estimate of drug-likeness (QED) is 0.140. The van der Waals surface area contributed by atoms with Crippen molar-refractivity contribution in [3.8, 4) is 0 Å². The third-order valence-corrected chi connectivity index (χ3v) is 6.77. The van der Waals surface area contributed by atoms with Crippen molar-refractivity contribution in [1.29, 1.82) is 0 Å². The predicted octanol–water partition coefficient (Wildman–Crippen LogP) is 3.67. The topological polar surface area (TPSA) is 167 Å². The summed E-state index contributed by atoms with van der Waals surface area (Å²) in [4.78, 5) is 52.8. The molecule has 3 aromatic rings. The van der Waals surface area contributed by atoms with E-state index in [2.05, 4.69) is 15.6 Å². The maximum atomic E-state index is 12.7. The molecule has 0 spiro atoms. The molecule has 1 fully saturated rings. The molecule has 13 nitrogen and oxygen atoms in total. The maximum Gasteiger partial charge on any atom is 0.413 e. The van der Waals surface area contributed by atoms with E-state index in [9.17, 15) is 24.3 Å². The second-order valence-electron chi connectivity index (χ2n) is 10.1. The second kappa shape index (κ2) is 16.8. The van der Waals surface area contributed by atoms with Crippen molar-refractivity contribution >= 4 is 24.0 Å². The van der Waals surface area contributed by atoms with Crippen molar-refractivity contribution in [3.63, 3.8) is 0 Å². The van der Waals surface area contributed by atoms with Gasteiger partial charge in [-0.3, -0.25) is 14.7 Å². The van der Waals surface area contributed by atoms with Crippen molar-refractivity contribution in [2.45, 2.75) is 63.8 Å². The number of aliphatic hydroxyl groups is 1. The van der Waals surface area contributed by atoms with Crippen LogP contribution in [0.25, 0.3) is 0 Å². The van der Waals surface area contributed by atoms with Gasteiger partial charge in [0.25, 0.3) is 0 Å². The van der Waals surface area contributed by atoms with Crippen LogP contribution in [-0.2, 0) is 37.0 Å². The van der Waals surface area contributed by atoms with Crippen LogP contribution in [0.15, 0.2) is 77.7 Å². The number of nitrogens with one attached hydrogen (secondary N) is 2. The highest BCUT2D eigenvalue weighted by molar-refractivity contribution is 5.83. The molecule has 0 unspecified atom stereocenters. The summed E-state index contributed by atoms with van der Waals surface area (Å²) in [6, 6.07) is 19.9. The number of benzene rings is 2. The number of unbranched alkanes of at least 4 members (excludes halogenated alkanes) is 2. The summed E-state index contributed by atoms with van der Waals surface area (Å²) < 4.78 is 22.8. The summed E-state index contributed by atoms with van der Waals surface area (Å²) in [5.41, 5.74) is 1.01. The Bertz CT molecular complexity index is 1420. The number of alkyl carbamates (subject to hydrolysis) is 1. The Kier molecular flexibility index (Phi) is 12.3. The van der Waals surface area contributed by atoms with Crippen LogP contribution in [0.2, 0.25) is 0 Å². The zero-order valence-corrected chi connectivity index (χ0v) is 24.1. The Morgan fingerprint density at radius 1 is 0.909 bits per heavy atom. The Morgan fingerprint density at radius 2 is 1.57 bits per heavy atom. The average Bonchev–Trinajstić information content (AvgIpc) is 3.43. The van der Waals surface area contributed by atoms with Gasteiger partial charge in [-0.05, 0) is 30.0 Å². The summed E-state index contributed by atoms with van der Waals surface area (Å²) in [5.74, 6) is -0.449. The molecule has 1 saturated heterocycles. The van der Waals surface area contributed by atoms with Gasteiger partial charge in [-0.25, -0.2) is 14.4 Å². The van der Waals surface area contributed by atoms with Crippen molar-refractivity contribution in [2.75, 3.05) is 18.5 Å². The molecule has 1 aromatic heterocycles. The minimum absolute atomic E-state index is 0.00303. The lowest BCUT2D eigenvalue weighted by Gasteiger charge is -2.16. The van der Waals surface area contributed by atoms with Crippen LogP contribution in [0.5, 0.6) is 0 Å². The first kappa shape index (κ1) is 32.2.